The molecule has 0 heterocycles. The van der Waals surface area contributed by atoms with Gasteiger partial charge in [-0.05, 0) is 17.4 Å². The predicted molar refractivity (Wildman–Crippen MR) is 89.9 cm³/mol. The molecule has 2 heteroatoms. The number of hydrogen-bond acceptors (Lipinski definition) is 2. The molecule has 22 heavy (non-hydrogen) atoms. The smallest absolute Gasteiger partial charge is 0.196 e. The lowest BCUT2D eigenvalue weighted by molar-refractivity contribution is 0.0224. The van der Waals surface area contributed by atoms with Crippen molar-refractivity contribution in [3.05, 3.63) is 71.8 Å². The van der Waals surface area contributed by atoms with E-state index in [1.54, 1.807) is 0 Å². The van der Waals surface area contributed by atoms with Gasteiger partial charge < -0.3 is 4.74 Å². The zero-order chi connectivity index (χ0) is 15.9. The topological polar surface area (TPSA) is 26.3 Å². The summed E-state index contributed by atoms with van der Waals surface area (Å²) in [6.07, 6.45) is -0.537. The third kappa shape index (κ3) is 4.28. The average molecular weight is 296 g/mol. The molecule has 0 aliphatic heterocycles. The van der Waals surface area contributed by atoms with Gasteiger partial charge in [0.1, 0.15) is 6.10 Å². The molecule has 0 saturated heterocycles. The van der Waals surface area contributed by atoms with Crippen molar-refractivity contribution in [1.29, 1.82) is 0 Å². The first-order chi connectivity index (χ1) is 10.6. The summed E-state index contributed by atoms with van der Waals surface area (Å²) in [5.74, 6) is 0.959. The molecule has 0 aromatic heterocycles. The largest absolute Gasteiger partial charge is 0.365 e. The van der Waals surface area contributed by atoms with Crippen LogP contribution in [0.2, 0.25) is 0 Å². The fourth-order valence-corrected chi connectivity index (χ4v) is 2.15. The van der Waals surface area contributed by atoms with Crippen LogP contribution in [0.5, 0.6) is 0 Å². The van der Waals surface area contributed by atoms with Crippen LogP contribution < -0.4 is 0 Å². The molecular formula is C20H24O2. The highest BCUT2D eigenvalue weighted by Gasteiger charge is 2.23. The lowest BCUT2D eigenvalue weighted by atomic mass is 9.97. The molecule has 116 valence electrons. The fraction of sp³-hybridized carbons (Fsp3) is 0.350. The van der Waals surface area contributed by atoms with Crippen LogP contribution in [-0.4, -0.2) is 12.4 Å². The second-order valence-electron chi connectivity index (χ2n) is 6.08. The quantitative estimate of drug-likeness (QED) is 0.678. The molecule has 0 spiro atoms. The standard InChI is InChI=1S/C20H24O2/c1-15(2)16(3)14-22-20(18-12-8-5-9-13-18)19(21)17-10-6-4-7-11-17/h4-13,15-16,20H,14H2,1-3H3. The second kappa shape index (κ2) is 7.90. The van der Waals surface area contributed by atoms with E-state index in [1.807, 2.05) is 60.7 Å². The third-order valence-electron chi connectivity index (χ3n) is 4.06. The number of carbonyl (C=O) groups is 1. The number of benzene rings is 2. The molecule has 0 radical (unpaired) electrons. The van der Waals surface area contributed by atoms with Crippen molar-refractivity contribution >= 4 is 5.78 Å². The number of Topliss-reactive ketones (excluding diaryl/α,β-unsaturated/α-hetero) is 1. The number of rotatable bonds is 7. The van der Waals surface area contributed by atoms with Crippen molar-refractivity contribution in [2.75, 3.05) is 6.61 Å². The molecule has 0 N–H and O–H groups in total. The molecule has 0 bridgehead atoms. The normalized spacial score (nSPS) is 13.8. The van der Waals surface area contributed by atoms with Crippen LogP contribution in [0.3, 0.4) is 0 Å². The van der Waals surface area contributed by atoms with Gasteiger partial charge in [0.2, 0.25) is 0 Å². The molecule has 2 aromatic carbocycles. The lowest BCUT2D eigenvalue weighted by Crippen LogP contribution is -2.21. The SMILES string of the molecule is CC(C)C(C)COC(C(=O)c1ccccc1)c1ccccc1. The second-order valence-corrected chi connectivity index (χ2v) is 6.08. The molecule has 2 rings (SSSR count). The van der Waals surface area contributed by atoms with E-state index in [1.165, 1.54) is 0 Å². The maximum absolute atomic E-state index is 12.8. The summed E-state index contributed by atoms with van der Waals surface area (Å²) in [6, 6.07) is 19.1. The molecule has 2 atom stereocenters. The van der Waals surface area contributed by atoms with E-state index >= 15 is 0 Å². The van der Waals surface area contributed by atoms with E-state index in [9.17, 15) is 4.79 Å². The summed E-state index contributed by atoms with van der Waals surface area (Å²) in [6.45, 7) is 7.07. The molecule has 0 amide bonds. The van der Waals surface area contributed by atoms with E-state index in [0.717, 1.165) is 5.56 Å². The molecule has 2 nitrogen and oxygen atoms in total. The van der Waals surface area contributed by atoms with Crippen LogP contribution in [-0.2, 0) is 4.74 Å². The van der Waals surface area contributed by atoms with Gasteiger partial charge >= 0.3 is 0 Å². The van der Waals surface area contributed by atoms with Gasteiger partial charge in [0, 0.05) is 5.56 Å². The number of ether oxygens (including phenoxy) is 1. The molecule has 2 aromatic rings. The van der Waals surface area contributed by atoms with Gasteiger partial charge in [0.05, 0.1) is 6.61 Å². The molecule has 0 aliphatic carbocycles. The number of ketones is 1. The average Bonchev–Trinajstić information content (AvgIpc) is 2.56. The van der Waals surface area contributed by atoms with Gasteiger partial charge in [-0.3, -0.25) is 4.79 Å². The van der Waals surface area contributed by atoms with Crippen LogP contribution in [0, 0.1) is 11.8 Å². The fourth-order valence-electron chi connectivity index (χ4n) is 2.15. The Labute approximate surface area is 133 Å². The van der Waals surface area contributed by atoms with Crippen molar-refractivity contribution in [3.8, 4) is 0 Å². The van der Waals surface area contributed by atoms with Crippen LogP contribution in [0.4, 0.5) is 0 Å². The predicted octanol–water partition coefficient (Wildman–Crippen LogP) is 4.92. The highest BCUT2D eigenvalue weighted by atomic mass is 16.5. The van der Waals surface area contributed by atoms with Crippen LogP contribution in [0.1, 0.15) is 42.8 Å². The zero-order valence-electron chi connectivity index (χ0n) is 13.5. The summed E-state index contributed by atoms with van der Waals surface area (Å²) in [7, 11) is 0. The molecule has 0 fully saturated rings. The van der Waals surface area contributed by atoms with Crippen molar-refractivity contribution < 1.29 is 9.53 Å². The van der Waals surface area contributed by atoms with E-state index in [2.05, 4.69) is 20.8 Å². The lowest BCUT2D eigenvalue weighted by Gasteiger charge is -2.22. The highest BCUT2D eigenvalue weighted by Crippen LogP contribution is 2.24. The number of hydrogen-bond donors (Lipinski definition) is 0. The van der Waals surface area contributed by atoms with Crippen molar-refractivity contribution in [2.45, 2.75) is 26.9 Å². The van der Waals surface area contributed by atoms with Gasteiger partial charge in [0.25, 0.3) is 0 Å². The Morgan fingerprint density at radius 2 is 1.45 bits per heavy atom. The Morgan fingerprint density at radius 3 is 2.00 bits per heavy atom. The first-order valence-electron chi connectivity index (χ1n) is 7.85. The van der Waals surface area contributed by atoms with Crippen LogP contribution in [0.15, 0.2) is 60.7 Å². The van der Waals surface area contributed by atoms with Gasteiger partial charge in [-0.2, -0.15) is 0 Å². The first kappa shape index (κ1) is 16.4. The van der Waals surface area contributed by atoms with Gasteiger partial charge in [-0.25, -0.2) is 0 Å². The van der Waals surface area contributed by atoms with Crippen LogP contribution >= 0.6 is 0 Å². The van der Waals surface area contributed by atoms with E-state index in [-0.39, 0.29) is 5.78 Å². The Bertz CT molecular complexity index is 575. The molecular weight excluding hydrogens is 272 g/mol. The molecule has 0 saturated carbocycles. The monoisotopic (exact) mass is 296 g/mol. The molecule has 0 aliphatic rings. The van der Waals surface area contributed by atoms with Crippen molar-refractivity contribution in [2.24, 2.45) is 11.8 Å². The minimum Gasteiger partial charge on any atom is -0.365 e. The van der Waals surface area contributed by atoms with Gasteiger partial charge in [-0.15, -0.1) is 0 Å². The van der Waals surface area contributed by atoms with Crippen molar-refractivity contribution in [1.82, 2.24) is 0 Å². The third-order valence-corrected chi connectivity index (χ3v) is 4.06. The van der Waals surface area contributed by atoms with E-state index in [0.29, 0.717) is 24.0 Å². The minimum atomic E-state index is -0.537. The Balaban J connectivity index is 2.20. The highest BCUT2D eigenvalue weighted by molar-refractivity contribution is 6.00. The maximum Gasteiger partial charge on any atom is 0.196 e. The van der Waals surface area contributed by atoms with Gasteiger partial charge in [-0.1, -0.05) is 81.4 Å². The summed E-state index contributed by atoms with van der Waals surface area (Å²) >= 11 is 0. The molecule has 2 unspecified atom stereocenters. The van der Waals surface area contributed by atoms with Crippen molar-refractivity contribution in [3.63, 3.8) is 0 Å². The minimum absolute atomic E-state index is 0.0164. The summed E-state index contributed by atoms with van der Waals surface area (Å²) in [4.78, 5) is 12.8. The Morgan fingerprint density at radius 1 is 0.909 bits per heavy atom. The summed E-state index contributed by atoms with van der Waals surface area (Å²) in [5.41, 5.74) is 1.60. The Kier molecular flexibility index (Phi) is 5.91. The maximum atomic E-state index is 12.8. The summed E-state index contributed by atoms with van der Waals surface area (Å²) < 4.78 is 6.02. The number of carbonyl (C=O) groups excluding carboxylic acids is 1. The summed E-state index contributed by atoms with van der Waals surface area (Å²) in [5, 5.41) is 0. The van der Waals surface area contributed by atoms with E-state index in [4.69, 9.17) is 4.74 Å². The van der Waals surface area contributed by atoms with E-state index < -0.39 is 6.10 Å². The zero-order valence-corrected chi connectivity index (χ0v) is 13.5. The van der Waals surface area contributed by atoms with Crippen LogP contribution in [0.25, 0.3) is 0 Å². The first-order valence-corrected chi connectivity index (χ1v) is 7.85. The Hall–Kier alpha value is -1.93. The van der Waals surface area contributed by atoms with Gasteiger partial charge in [0.15, 0.2) is 5.78 Å².